The van der Waals surface area contributed by atoms with Crippen molar-refractivity contribution in [3.05, 3.63) is 0 Å². The Morgan fingerprint density at radius 1 is 1.29 bits per heavy atom. The van der Waals surface area contributed by atoms with Gasteiger partial charge in [0.05, 0.1) is 13.0 Å². The third-order valence-corrected chi connectivity index (χ3v) is 5.65. The van der Waals surface area contributed by atoms with Crippen molar-refractivity contribution in [3.63, 3.8) is 0 Å². The minimum Gasteiger partial charge on any atom is -0.469 e. The first kappa shape index (κ1) is 12.3. The fourth-order valence-electron chi connectivity index (χ4n) is 2.79. The van der Waals surface area contributed by atoms with Gasteiger partial charge in [0, 0.05) is 3.92 Å². The van der Waals surface area contributed by atoms with E-state index in [0.29, 0.717) is 3.92 Å². The highest BCUT2D eigenvalue weighted by atomic mass is 127. The maximum atomic E-state index is 11.7. The Balaban J connectivity index is 2.99. The van der Waals surface area contributed by atoms with Gasteiger partial charge >= 0.3 is 5.97 Å². The molecule has 1 fully saturated rings. The second-order valence-corrected chi connectivity index (χ2v) is 6.90. The topological polar surface area (TPSA) is 26.3 Å². The summed E-state index contributed by atoms with van der Waals surface area (Å²) in [5.41, 5.74) is 0.283. The number of hydrogen-bond donors (Lipinski definition) is 0. The second-order valence-electron chi connectivity index (χ2n) is 5.56. The van der Waals surface area contributed by atoms with Crippen LogP contribution in [0.25, 0.3) is 0 Å². The molecule has 1 aliphatic rings. The summed E-state index contributed by atoms with van der Waals surface area (Å²) in [7, 11) is 1.48. The van der Waals surface area contributed by atoms with E-state index in [1.807, 2.05) is 0 Å². The van der Waals surface area contributed by atoms with Crippen LogP contribution in [0, 0.1) is 16.7 Å². The molecule has 0 radical (unpaired) electrons. The van der Waals surface area contributed by atoms with Crippen LogP contribution in [0.5, 0.6) is 0 Å². The third-order valence-electron chi connectivity index (χ3n) is 3.25. The predicted molar refractivity (Wildman–Crippen MR) is 65.5 cm³/mol. The number of halogens is 1. The summed E-state index contributed by atoms with van der Waals surface area (Å²) in [5, 5.41) is 0. The van der Waals surface area contributed by atoms with Gasteiger partial charge in [-0.2, -0.15) is 0 Å². The summed E-state index contributed by atoms with van der Waals surface area (Å²) >= 11 is 2.40. The third kappa shape index (κ3) is 1.92. The van der Waals surface area contributed by atoms with Gasteiger partial charge in [0.15, 0.2) is 0 Å². The van der Waals surface area contributed by atoms with E-state index < -0.39 is 0 Å². The van der Waals surface area contributed by atoms with Crippen molar-refractivity contribution in [2.45, 2.75) is 38.0 Å². The fraction of sp³-hybridized carbons (Fsp3) is 0.909. The van der Waals surface area contributed by atoms with Crippen molar-refractivity contribution in [2.75, 3.05) is 7.11 Å². The molecule has 1 rings (SSSR count). The van der Waals surface area contributed by atoms with Crippen LogP contribution in [0.1, 0.15) is 34.1 Å². The number of carbonyl (C=O) groups is 1. The minimum absolute atomic E-state index is 0.0306. The zero-order valence-electron chi connectivity index (χ0n) is 9.56. The number of methoxy groups -OCH3 is 1. The lowest BCUT2D eigenvalue weighted by atomic mass is 9.81. The zero-order valence-corrected chi connectivity index (χ0v) is 11.7. The van der Waals surface area contributed by atoms with Crippen LogP contribution in [0.15, 0.2) is 0 Å². The van der Waals surface area contributed by atoms with E-state index in [4.69, 9.17) is 4.74 Å². The molecule has 14 heavy (non-hydrogen) atoms. The molecule has 0 saturated heterocycles. The van der Waals surface area contributed by atoms with Gasteiger partial charge in [0.25, 0.3) is 0 Å². The van der Waals surface area contributed by atoms with E-state index in [1.54, 1.807) is 0 Å². The number of carbonyl (C=O) groups excluding carboxylic acids is 1. The van der Waals surface area contributed by atoms with Gasteiger partial charge in [0.1, 0.15) is 0 Å². The molecule has 2 unspecified atom stereocenters. The SMILES string of the molecule is COC(=O)C1C(I)C(C)(C)CC1(C)C. The van der Waals surface area contributed by atoms with Crippen molar-refractivity contribution in [1.29, 1.82) is 0 Å². The van der Waals surface area contributed by atoms with Crippen molar-refractivity contribution >= 4 is 28.6 Å². The van der Waals surface area contributed by atoms with Gasteiger partial charge in [-0.05, 0) is 17.3 Å². The molecule has 0 aromatic heterocycles. The number of hydrogen-bond acceptors (Lipinski definition) is 2. The summed E-state index contributed by atoms with van der Waals surface area (Å²) in [6.45, 7) is 8.79. The Morgan fingerprint density at radius 2 is 1.79 bits per heavy atom. The smallest absolute Gasteiger partial charge is 0.310 e. The highest BCUT2D eigenvalue weighted by Gasteiger charge is 2.54. The lowest BCUT2D eigenvalue weighted by Crippen LogP contribution is -2.33. The van der Waals surface area contributed by atoms with Crippen LogP contribution in [0.4, 0.5) is 0 Å². The van der Waals surface area contributed by atoms with Gasteiger partial charge in [0.2, 0.25) is 0 Å². The molecular formula is C11H19IO2. The van der Waals surface area contributed by atoms with Crippen LogP contribution in [-0.4, -0.2) is 17.0 Å². The molecule has 2 atom stereocenters. The van der Waals surface area contributed by atoms with Gasteiger partial charge in [-0.15, -0.1) is 0 Å². The van der Waals surface area contributed by atoms with Crippen molar-refractivity contribution in [3.8, 4) is 0 Å². The van der Waals surface area contributed by atoms with Crippen LogP contribution < -0.4 is 0 Å². The van der Waals surface area contributed by atoms with E-state index in [0.717, 1.165) is 6.42 Å². The molecule has 0 amide bonds. The molecule has 0 bridgehead atoms. The zero-order chi connectivity index (χ0) is 11.1. The van der Waals surface area contributed by atoms with E-state index in [1.165, 1.54) is 7.11 Å². The highest BCUT2D eigenvalue weighted by molar-refractivity contribution is 14.1. The molecule has 3 heteroatoms. The second kappa shape index (κ2) is 3.65. The largest absolute Gasteiger partial charge is 0.469 e. The maximum absolute atomic E-state index is 11.7. The summed E-state index contributed by atoms with van der Waals surface area (Å²) in [6, 6.07) is 0. The maximum Gasteiger partial charge on any atom is 0.310 e. The minimum atomic E-state index is -0.0556. The summed E-state index contributed by atoms with van der Waals surface area (Å²) in [5.74, 6) is -0.0249. The number of alkyl halides is 1. The number of ether oxygens (including phenoxy) is 1. The molecule has 82 valence electrons. The summed E-state index contributed by atoms with van der Waals surface area (Å²) in [4.78, 5) is 11.7. The molecule has 0 spiro atoms. The van der Waals surface area contributed by atoms with Crippen molar-refractivity contribution < 1.29 is 9.53 Å². The lowest BCUT2D eigenvalue weighted by Gasteiger charge is -2.26. The summed E-state index contributed by atoms with van der Waals surface area (Å²) < 4.78 is 5.25. The first-order valence-electron chi connectivity index (χ1n) is 4.94. The quantitative estimate of drug-likeness (QED) is 0.423. The average molecular weight is 310 g/mol. The van der Waals surface area contributed by atoms with Crippen LogP contribution in [0.3, 0.4) is 0 Å². The van der Waals surface area contributed by atoms with Crippen molar-refractivity contribution in [2.24, 2.45) is 16.7 Å². The Morgan fingerprint density at radius 3 is 2.07 bits per heavy atom. The monoisotopic (exact) mass is 310 g/mol. The molecule has 0 aromatic rings. The average Bonchev–Trinajstić information content (AvgIpc) is 2.16. The van der Waals surface area contributed by atoms with E-state index in [2.05, 4.69) is 50.3 Å². The molecule has 0 aliphatic heterocycles. The highest BCUT2D eigenvalue weighted by Crippen LogP contribution is 2.56. The summed E-state index contributed by atoms with van der Waals surface area (Å²) in [6.07, 6.45) is 1.08. The molecule has 0 heterocycles. The first-order chi connectivity index (χ1) is 6.22. The van der Waals surface area contributed by atoms with Crippen molar-refractivity contribution in [1.82, 2.24) is 0 Å². The lowest BCUT2D eigenvalue weighted by molar-refractivity contribution is -0.148. The first-order valence-corrected chi connectivity index (χ1v) is 6.19. The van der Waals surface area contributed by atoms with Gasteiger partial charge in [-0.1, -0.05) is 50.3 Å². The molecule has 0 N–H and O–H groups in total. The van der Waals surface area contributed by atoms with Gasteiger partial charge < -0.3 is 4.74 Å². The Hall–Kier alpha value is 0.200. The van der Waals surface area contributed by atoms with E-state index >= 15 is 0 Å². The molecule has 2 nitrogen and oxygen atoms in total. The Labute approximate surface area is 99.9 Å². The molecule has 1 saturated carbocycles. The Kier molecular flexibility index (Phi) is 3.20. The van der Waals surface area contributed by atoms with Gasteiger partial charge in [-0.3, -0.25) is 4.79 Å². The fourth-order valence-corrected chi connectivity index (χ4v) is 4.28. The van der Waals surface area contributed by atoms with Gasteiger partial charge in [-0.25, -0.2) is 0 Å². The van der Waals surface area contributed by atoms with Crippen LogP contribution >= 0.6 is 22.6 Å². The number of esters is 1. The molecular weight excluding hydrogens is 291 g/mol. The van der Waals surface area contributed by atoms with Crippen LogP contribution in [-0.2, 0) is 9.53 Å². The predicted octanol–water partition coefficient (Wildman–Crippen LogP) is 3.04. The van der Waals surface area contributed by atoms with E-state index in [-0.39, 0.29) is 22.7 Å². The standard InChI is InChI=1S/C11H19IO2/c1-10(2)6-11(3,4)8(12)7(10)9(13)14-5/h7-8H,6H2,1-5H3. The number of rotatable bonds is 1. The normalized spacial score (nSPS) is 34.1. The molecule has 0 aromatic carbocycles. The Bertz CT molecular complexity index is 246. The molecule has 1 aliphatic carbocycles. The van der Waals surface area contributed by atoms with Crippen LogP contribution in [0.2, 0.25) is 0 Å². The van der Waals surface area contributed by atoms with E-state index in [9.17, 15) is 4.79 Å².